The monoisotopic (exact) mass is 428 g/mol. The fraction of sp³-hybridized carbons (Fsp3) is 0.500. The maximum Gasteiger partial charge on any atom is 0.220 e. The van der Waals surface area contributed by atoms with Crippen molar-refractivity contribution in [2.24, 2.45) is 17.3 Å². The van der Waals surface area contributed by atoms with Gasteiger partial charge in [-0.3, -0.25) is 9.78 Å². The molecule has 1 amide bonds. The summed E-state index contributed by atoms with van der Waals surface area (Å²) in [6.07, 6.45) is 14.7. The van der Waals surface area contributed by atoms with E-state index in [0.29, 0.717) is 18.9 Å². The Bertz CT molecular complexity index is 1150. The number of pyridine rings is 1. The van der Waals surface area contributed by atoms with Crippen molar-refractivity contribution in [3.8, 4) is 0 Å². The van der Waals surface area contributed by atoms with Gasteiger partial charge >= 0.3 is 0 Å². The Hall–Kier alpha value is -2.46. The lowest BCUT2D eigenvalue weighted by atomic mass is 9.58. The molecule has 1 aromatic heterocycles. The van der Waals surface area contributed by atoms with Crippen molar-refractivity contribution in [2.45, 2.75) is 63.4 Å². The minimum atomic E-state index is -0.782. The molecule has 0 spiro atoms. The first-order chi connectivity index (χ1) is 15.5. The van der Waals surface area contributed by atoms with Gasteiger partial charge in [-0.1, -0.05) is 36.8 Å². The molecule has 1 saturated heterocycles. The number of hydrogen-bond acceptors (Lipinski definition) is 3. The molecule has 1 aromatic carbocycles. The summed E-state index contributed by atoms with van der Waals surface area (Å²) in [5, 5.41) is 17.6. The molecule has 4 nitrogen and oxygen atoms in total. The standard InChI is InChI=1S/C28H32N2O2/c1-27-10-7-23-15-20-9-13-30-26(31)16-19(20)6-11-28(23,32)25(27)5-4-24(27)21-3-2-18-8-12-29-17-22(18)14-21/h2-3,7-8,12,14-15,17,19,24-25,32H,4-6,9-11,13,16H2,1H3,(H,30,31)/t19?,24?,25?,27?,28-/m1/s1. The van der Waals surface area contributed by atoms with Gasteiger partial charge in [0.05, 0.1) is 5.60 Å². The third-order valence-corrected chi connectivity index (χ3v) is 9.15. The van der Waals surface area contributed by atoms with Crippen LogP contribution in [0.15, 0.2) is 60.0 Å². The lowest BCUT2D eigenvalue weighted by Crippen LogP contribution is -2.49. The number of fused-ring (bicyclic) bond motifs is 5. The maximum absolute atomic E-state index is 12.2. The SMILES string of the molecule is CC12CC=C3C=C4CCNC(=O)CC4CC[C@]3(O)C1CCC2c1ccc2ccncc2c1. The number of allylic oxidation sites excluding steroid dienone is 1. The fourth-order valence-electron chi connectivity index (χ4n) is 7.43. The van der Waals surface area contributed by atoms with Gasteiger partial charge in [0.25, 0.3) is 0 Å². The number of aliphatic hydroxyl groups is 1. The molecule has 3 aliphatic carbocycles. The zero-order valence-corrected chi connectivity index (χ0v) is 18.8. The van der Waals surface area contributed by atoms with E-state index in [-0.39, 0.29) is 23.2 Å². The molecule has 5 atom stereocenters. The predicted molar refractivity (Wildman–Crippen MR) is 126 cm³/mol. The smallest absolute Gasteiger partial charge is 0.220 e. The summed E-state index contributed by atoms with van der Waals surface area (Å²) >= 11 is 0. The molecule has 4 aliphatic rings. The topological polar surface area (TPSA) is 62.2 Å². The third-order valence-electron chi connectivity index (χ3n) is 9.15. The molecule has 32 heavy (non-hydrogen) atoms. The van der Waals surface area contributed by atoms with Gasteiger partial charge in [-0.05, 0) is 90.3 Å². The fourth-order valence-corrected chi connectivity index (χ4v) is 7.43. The first kappa shape index (κ1) is 20.2. The van der Waals surface area contributed by atoms with E-state index in [4.69, 9.17) is 0 Å². The Balaban J connectivity index is 1.36. The Kier molecular flexibility index (Phi) is 4.59. The highest BCUT2D eigenvalue weighted by atomic mass is 16.3. The summed E-state index contributed by atoms with van der Waals surface area (Å²) in [5.74, 6) is 1.11. The predicted octanol–water partition coefficient (Wildman–Crippen LogP) is 5.04. The van der Waals surface area contributed by atoms with Crippen LogP contribution in [0.25, 0.3) is 10.8 Å². The zero-order valence-electron chi connectivity index (χ0n) is 18.8. The number of nitrogens with zero attached hydrogens (tertiary/aromatic N) is 1. The number of carbonyl (C=O) groups excluding carboxylic acids is 1. The van der Waals surface area contributed by atoms with Crippen LogP contribution in [0.5, 0.6) is 0 Å². The maximum atomic E-state index is 12.2. The number of hydrogen-bond donors (Lipinski definition) is 2. The van der Waals surface area contributed by atoms with Gasteiger partial charge in [-0.25, -0.2) is 0 Å². The van der Waals surface area contributed by atoms with Crippen LogP contribution in [0.4, 0.5) is 0 Å². The van der Waals surface area contributed by atoms with Crippen LogP contribution in [0.3, 0.4) is 0 Å². The van der Waals surface area contributed by atoms with Gasteiger partial charge in [0, 0.05) is 30.7 Å². The Morgan fingerprint density at radius 1 is 1.16 bits per heavy atom. The molecule has 166 valence electrons. The van der Waals surface area contributed by atoms with E-state index in [1.165, 1.54) is 21.9 Å². The van der Waals surface area contributed by atoms with Crippen LogP contribution in [0.1, 0.15) is 63.4 Å². The van der Waals surface area contributed by atoms with E-state index in [9.17, 15) is 9.90 Å². The lowest BCUT2D eigenvalue weighted by Gasteiger charge is -2.49. The highest BCUT2D eigenvalue weighted by Crippen LogP contribution is 2.63. The highest BCUT2D eigenvalue weighted by molar-refractivity contribution is 5.82. The van der Waals surface area contributed by atoms with Crippen LogP contribution < -0.4 is 5.32 Å². The molecule has 4 unspecified atom stereocenters. The Morgan fingerprint density at radius 3 is 2.97 bits per heavy atom. The molecule has 2 aromatic rings. The third kappa shape index (κ3) is 2.99. The molecule has 1 saturated carbocycles. The molecule has 4 heteroatoms. The van der Waals surface area contributed by atoms with Crippen molar-refractivity contribution in [2.75, 3.05) is 6.54 Å². The van der Waals surface area contributed by atoms with Gasteiger partial charge in [0.1, 0.15) is 0 Å². The molecule has 2 N–H and O–H groups in total. The van der Waals surface area contributed by atoms with E-state index in [1.807, 2.05) is 12.4 Å². The van der Waals surface area contributed by atoms with Crippen molar-refractivity contribution in [1.29, 1.82) is 0 Å². The zero-order chi connectivity index (χ0) is 21.9. The molecular weight excluding hydrogens is 396 g/mol. The number of benzene rings is 1. The average Bonchev–Trinajstić information content (AvgIpc) is 2.96. The molecule has 2 fully saturated rings. The summed E-state index contributed by atoms with van der Waals surface area (Å²) in [7, 11) is 0. The molecule has 0 radical (unpaired) electrons. The Morgan fingerprint density at radius 2 is 2.06 bits per heavy atom. The average molecular weight is 429 g/mol. The van der Waals surface area contributed by atoms with Crippen LogP contribution >= 0.6 is 0 Å². The number of rotatable bonds is 1. The van der Waals surface area contributed by atoms with Gasteiger partial charge in [-0.2, -0.15) is 0 Å². The van der Waals surface area contributed by atoms with Crippen LogP contribution in [-0.2, 0) is 4.79 Å². The molecule has 0 bridgehead atoms. The number of amides is 1. The van der Waals surface area contributed by atoms with E-state index in [1.54, 1.807) is 0 Å². The number of carbonyl (C=O) groups is 1. The van der Waals surface area contributed by atoms with E-state index >= 15 is 0 Å². The summed E-state index contributed by atoms with van der Waals surface area (Å²) in [6, 6.07) is 8.89. The van der Waals surface area contributed by atoms with Crippen molar-refractivity contribution in [3.05, 3.63) is 65.5 Å². The van der Waals surface area contributed by atoms with Crippen molar-refractivity contribution in [1.82, 2.24) is 10.3 Å². The molecule has 6 rings (SSSR count). The van der Waals surface area contributed by atoms with E-state index in [2.05, 4.69) is 53.6 Å². The first-order valence-electron chi connectivity index (χ1n) is 12.2. The van der Waals surface area contributed by atoms with Gasteiger partial charge in [0.2, 0.25) is 5.91 Å². The second-order valence-corrected chi connectivity index (χ2v) is 10.7. The summed E-state index contributed by atoms with van der Waals surface area (Å²) in [4.78, 5) is 16.5. The van der Waals surface area contributed by atoms with Crippen LogP contribution in [-0.4, -0.2) is 28.1 Å². The normalized spacial score (nSPS) is 36.7. The summed E-state index contributed by atoms with van der Waals surface area (Å²) < 4.78 is 0. The highest BCUT2D eigenvalue weighted by Gasteiger charge is 2.58. The quantitative estimate of drug-likeness (QED) is 0.669. The number of nitrogens with one attached hydrogen (secondary N) is 1. The summed E-state index contributed by atoms with van der Waals surface area (Å²) in [6.45, 7) is 3.12. The molecule has 1 aliphatic heterocycles. The Labute approximate surface area is 189 Å². The van der Waals surface area contributed by atoms with Crippen molar-refractivity contribution in [3.63, 3.8) is 0 Å². The van der Waals surface area contributed by atoms with Crippen molar-refractivity contribution >= 4 is 16.7 Å². The van der Waals surface area contributed by atoms with Crippen LogP contribution in [0, 0.1) is 17.3 Å². The van der Waals surface area contributed by atoms with Crippen molar-refractivity contribution < 1.29 is 9.90 Å². The molecule has 2 heterocycles. The van der Waals surface area contributed by atoms with Gasteiger partial charge in [0.15, 0.2) is 0 Å². The molecular formula is C28H32N2O2. The van der Waals surface area contributed by atoms with Gasteiger partial charge in [-0.15, -0.1) is 0 Å². The minimum Gasteiger partial charge on any atom is -0.385 e. The number of aromatic nitrogens is 1. The summed E-state index contributed by atoms with van der Waals surface area (Å²) in [5.41, 5.74) is 3.11. The van der Waals surface area contributed by atoms with Gasteiger partial charge < -0.3 is 10.4 Å². The largest absolute Gasteiger partial charge is 0.385 e. The second-order valence-electron chi connectivity index (χ2n) is 10.7. The van der Waals surface area contributed by atoms with E-state index < -0.39 is 5.60 Å². The lowest BCUT2D eigenvalue weighted by molar-refractivity contribution is -0.121. The minimum absolute atomic E-state index is 0.0381. The van der Waals surface area contributed by atoms with Crippen LogP contribution in [0.2, 0.25) is 0 Å². The van der Waals surface area contributed by atoms with E-state index in [0.717, 1.165) is 44.1 Å². The first-order valence-corrected chi connectivity index (χ1v) is 12.2. The second kappa shape index (κ2) is 7.28.